The number of esters is 1. The van der Waals surface area contributed by atoms with Crippen molar-refractivity contribution in [3.63, 3.8) is 0 Å². The average molecular weight is 157 g/mol. The highest BCUT2D eigenvalue weighted by molar-refractivity contribution is 5.97. The van der Waals surface area contributed by atoms with Gasteiger partial charge in [0, 0.05) is 5.71 Å². The van der Waals surface area contributed by atoms with Crippen LogP contribution in [0.5, 0.6) is 0 Å². The number of hydrogen-bond acceptors (Lipinski definition) is 3. The van der Waals surface area contributed by atoms with Gasteiger partial charge in [-0.2, -0.15) is 0 Å². The van der Waals surface area contributed by atoms with Crippen LogP contribution in [0.2, 0.25) is 0 Å². The molecule has 0 atom stereocenters. The van der Waals surface area contributed by atoms with Crippen molar-refractivity contribution >= 4 is 11.7 Å². The van der Waals surface area contributed by atoms with Crippen molar-refractivity contribution in [1.29, 1.82) is 5.41 Å². The third kappa shape index (κ3) is 5.58. The Kier molecular flexibility index (Phi) is 5.43. The maximum atomic E-state index is 10.6. The number of rotatable bonds is 5. The number of nitrogens with one attached hydrogen (secondary N) is 1. The van der Waals surface area contributed by atoms with Crippen molar-refractivity contribution in [3.05, 3.63) is 0 Å². The maximum absolute atomic E-state index is 10.6. The first-order valence-electron chi connectivity index (χ1n) is 3.83. The van der Waals surface area contributed by atoms with Crippen LogP contribution in [0.3, 0.4) is 0 Å². The molecular formula is C8H15NO2. The molecule has 0 aromatic rings. The summed E-state index contributed by atoms with van der Waals surface area (Å²) in [5, 5.41) is 7.32. The van der Waals surface area contributed by atoms with E-state index in [1.165, 1.54) is 7.11 Å². The Morgan fingerprint density at radius 1 is 1.55 bits per heavy atom. The van der Waals surface area contributed by atoms with Crippen molar-refractivity contribution in [3.8, 4) is 0 Å². The molecule has 0 spiro atoms. The zero-order valence-electron chi connectivity index (χ0n) is 7.14. The molecule has 0 saturated carbocycles. The molecule has 11 heavy (non-hydrogen) atoms. The first-order chi connectivity index (χ1) is 5.20. The third-order valence-electron chi connectivity index (χ3n) is 1.42. The molecule has 3 heteroatoms. The Morgan fingerprint density at radius 2 is 2.18 bits per heavy atom. The Morgan fingerprint density at radius 3 is 2.64 bits per heavy atom. The predicted molar refractivity (Wildman–Crippen MR) is 43.9 cm³/mol. The first-order valence-corrected chi connectivity index (χ1v) is 3.83. The van der Waals surface area contributed by atoms with Crippen LogP contribution < -0.4 is 0 Å². The Labute approximate surface area is 67.3 Å². The molecule has 0 aliphatic carbocycles. The third-order valence-corrected chi connectivity index (χ3v) is 1.42. The minimum Gasteiger partial charge on any atom is -0.469 e. The van der Waals surface area contributed by atoms with E-state index < -0.39 is 0 Å². The lowest BCUT2D eigenvalue weighted by atomic mass is 10.1. The largest absolute Gasteiger partial charge is 0.469 e. The summed E-state index contributed by atoms with van der Waals surface area (Å²) in [5.41, 5.74) is 0.471. The molecule has 0 aromatic carbocycles. The molecule has 0 unspecified atom stereocenters. The maximum Gasteiger partial charge on any atom is 0.311 e. The fourth-order valence-corrected chi connectivity index (χ4v) is 0.725. The van der Waals surface area contributed by atoms with E-state index in [-0.39, 0.29) is 12.4 Å². The summed E-state index contributed by atoms with van der Waals surface area (Å²) in [6.07, 6.45) is 2.90. The molecule has 0 aromatic heterocycles. The van der Waals surface area contributed by atoms with Crippen molar-refractivity contribution in [2.75, 3.05) is 7.11 Å². The summed E-state index contributed by atoms with van der Waals surface area (Å²) < 4.78 is 4.42. The van der Waals surface area contributed by atoms with Gasteiger partial charge in [-0.25, -0.2) is 0 Å². The van der Waals surface area contributed by atoms with Gasteiger partial charge in [-0.1, -0.05) is 13.3 Å². The number of ether oxygens (including phenoxy) is 1. The van der Waals surface area contributed by atoms with Crippen LogP contribution in [-0.4, -0.2) is 18.8 Å². The van der Waals surface area contributed by atoms with Crippen molar-refractivity contribution in [1.82, 2.24) is 0 Å². The summed E-state index contributed by atoms with van der Waals surface area (Å²) in [7, 11) is 1.34. The van der Waals surface area contributed by atoms with Crippen molar-refractivity contribution in [2.24, 2.45) is 0 Å². The van der Waals surface area contributed by atoms with Crippen LogP contribution in [0.15, 0.2) is 0 Å². The number of carbonyl (C=O) groups excluding carboxylic acids is 1. The standard InChI is InChI=1S/C8H15NO2/c1-3-4-5-7(9)6-8(10)11-2/h9H,3-6H2,1-2H3. The molecule has 0 heterocycles. The van der Waals surface area contributed by atoms with Gasteiger partial charge >= 0.3 is 5.97 Å². The Hall–Kier alpha value is -0.860. The SMILES string of the molecule is CCCCC(=N)CC(=O)OC. The van der Waals surface area contributed by atoms with Crippen LogP contribution in [-0.2, 0) is 9.53 Å². The zero-order valence-corrected chi connectivity index (χ0v) is 7.14. The first kappa shape index (κ1) is 10.1. The molecular weight excluding hydrogens is 142 g/mol. The van der Waals surface area contributed by atoms with Gasteiger partial charge in [0.05, 0.1) is 13.5 Å². The fourth-order valence-electron chi connectivity index (χ4n) is 0.725. The number of carbonyl (C=O) groups is 1. The molecule has 64 valence electrons. The normalized spacial score (nSPS) is 9.27. The average Bonchev–Trinajstić information content (AvgIpc) is 2.00. The minimum atomic E-state index is -0.314. The summed E-state index contributed by atoms with van der Waals surface area (Å²) in [6, 6.07) is 0. The lowest BCUT2D eigenvalue weighted by molar-refractivity contribution is -0.139. The molecule has 1 N–H and O–H groups in total. The second-order valence-corrected chi connectivity index (χ2v) is 2.46. The van der Waals surface area contributed by atoms with Gasteiger partial charge in [0.25, 0.3) is 0 Å². The van der Waals surface area contributed by atoms with Gasteiger partial charge in [-0.3, -0.25) is 4.79 Å². The summed E-state index contributed by atoms with van der Waals surface area (Å²) in [5.74, 6) is -0.314. The summed E-state index contributed by atoms with van der Waals surface area (Å²) >= 11 is 0. The van der Waals surface area contributed by atoms with Gasteiger partial charge in [0.15, 0.2) is 0 Å². The van der Waals surface area contributed by atoms with E-state index in [0.29, 0.717) is 12.1 Å². The second-order valence-electron chi connectivity index (χ2n) is 2.46. The van der Waals surface area contributed by atoms with Crippen LogP contribution in [0, 0.1) is 5.41 Å². The minimum absolute atomic E-state index is 0.149. The highest BCUT2D eigenvalue weighted by atomic mass is 16.5. The number of methoxy groups -OCH3 is 1. The number of unbranched alkanes of at least 4 members (excludes halogenated alkanes) is 1. The molecule has 0 aliphatic rings. The summed E-state index contributed by atoms with van der Waals surface area (Å²) in [4.78, 5) is 10.6. The molecule has 0 radical (unpaired) electrons. The van der Waals surface area contributed by atoms with E-state index in [1.54, 1.807) is 0 Å². The van der Waals surface area contributed by atoms with E-state index in [1.807, 2.05) is 0 Å². The van der Waals surface area contributed by atoms with Gasteiger partial charge in [0.1, 0.15) is 0 Å². The van der Waals surface area contributed by atoms with Crippen LogP contribution in [0.4, 0.5) is 0 Å². The summed E-state index contributed by atoms with van der Waals surface area (Å²) in [6.45, 7) is 2.06. The van der Waals surface area contributed by atoms with Crippen molar-refractivity contribution < 1.29 is 9.53 Å². The van der Waals surface area contributed by atoms with E-state index in [4.69, 9.17) is 5.41 Å². The van der Waals surface area contributed by atoms with E-state index in [0.717, 1.165) is 12.8 Å². The topological polar surface area (TPSA) is 50.2 Å². The molecule has 0 saturated heterocycles. The smallest absolute Gasteiger partial charge is 0.311 e. The zero-order chi connectivity index (χ0) is 8.69. The molecule has 0 fully saturated rings. The second kappa shape index (κ2) is 5.89. The quantitative estimate of drug-likeness (QED) is 0.488. The molecule has 0 aliphatic heterocycles. The highest BCUT2D eigenvalue weighted by Crippen LogP contribution is 1.99. The lowest BCUT2D eigenvalue weighted by Crippen LogP contribution is -2.07. The van der Waals surface area contributed by atoms with Crippen LogP contribution >= 0.6 is 0 Å². The fraction of sp³-hybridized carbons (Fsp3) is 0.750. The van der Waals surface area contributed by atoms with Gasteiger partial charge in [-0.05, 0) is 12.8 Å². The van der Waals surface area contributed by atoms with Crippen LogP contribution in [0.1, 0.15) is 32.6 Å². The molecule has 0 bridgehead atoms. The molecule has 0 rings (SSSR count). The van der Waals surface area contributed by atoms with Gasteiger partial charge < -0.3 is 10.1 Å². The van der Waals surface area contributed by atoms with Gasteiger partial charge in [0.2, 0.25) is 0 Å². The molecule has 3 nitrogen and oxygen atoms in total. The Balaban J connectivity index is 3.44. The number of hydrogen-bond donors (Lipinski definition) is 1. The van der Waals surface area contributed by atoms with Gasteiger partial charge in [-0.15, -0.1) is 0 Å². The monoisotopic (exact) mass is 157 g/mol. The highest BCUT2D eigenvalue weighted by Gasteiger charge is 2.04. The van der Waals surface area contributed by atoms with E-state index in [9.17, 15) is 4.79 Å². The van der Waals surface area contributed by atoms with E-state index in [2.05, 4.69) is 11.7 Å². The molecule has 0 amide bonds. The van der Waals surface area contributed by atoms with Crippen molar-refractivity contribution in [2.45, 2.75) is 32.6 Å². The lowest BCUT2D eigenvalue weighted by Gasteiger charge is -2.00. The van der Waals surface area contributed by atoms with E-state index >= 15 is 0 Å². The predicted octanol–water partition coefficient (Wildman–Crippen LogP) is 1.76. The van der Waals surface area contributed by atoms with Crippen LogP contribution in [0.25, 0.3) is 0 Å². The Bertz CT molecular complexity index is 143.